The van der Waals surface area contributed by atoms with E-state index >= 15 is 0 Å². The van der Waals surface area contributed by atoms with Crippen molar-refractivity contribution in [2.45, 2.75) is 0 Å². The van der Waals surface area contributed by atoms with Crippen LogP contribution in [-0.2, 0) is 11.8 Å². The number of rotatable bonds is 3. The highest BCUT2D eigenvalue weighted by molar-refractivity contribution is 5.71. The first kappa shape index (κ1) is 7.45. The molecule has 0 saturated heterocycles. The molecular weight excluding hydrogens is 150 g/mol. The predicted octanol–water partition coefficient (Wildman–Crippen LogP) is -1.29. The molecule has 0 unspecified atom stereocenters. The lowest BCUT2D eigenvalue weighted by Crippen LogP contribution is -2.15. The Morgan fingerprint density at radius 2 is 2.55 bits per heavy atom. The van der Waals surface area contributed by atoms with Crippen molar-refractivity contribution in [1.82, 2.24) is 20.2 Å². The molecule has 0 spiro atoms. The van der Waals surface area contributed by atoms with Gasteiger partial charge < -0.3 is 10.4 Å². The van der Waals surface area contributed by atoms with Gasteiger partial charge in [-0.1, -0.05) is 5.10 Å². The molecule has 0 radical (unpaired) electrons. The number of tetrazole rings is 1. The lowest BCUT2D eigenvalue weighted by atomic mass is 10.6. The number of carboxylic acids is 1. The van der Waals surface area contributed by atoms with Crippen LogP contribution in [0, 0.1) is 0 Å². The molecule has 2 N–H and O–H groups in total. The first-order chi connectivity index (χ1) is 5.20. The molecule has 0 amide bonds. The molecule has 1 heterocycles. The van der Waals surface area contributed by atoms with Gasteiger partial charge in [-0.3, -0.25) is 4.79 Å². The average Bonchev–Trinajstić information content (AvgIpc) is 2.31. The zero-order valence-electron chi connectivity index (χ0n) is 5.85. The van der Waals surface area contributed by atoms with Gasteiger partial charge in [0.05, 0.1) is 0 Å². The summed E-state index contributed by atoms with van der Waals surface area (Å²) in [7, 11) is 1.62. The summed E-state index contributed by atoms with van der Waals surface area (Å²) in [6, 6.07) is 0. The first-order valence-corrected chi connectivity index (χ1v) is 2.88. The van der Waals surface area contributed by atoms with E-state index in [1.807, 2.05) is 0 Å². The van der Waals surface area contributed by atoms with Gasteiger partial charge in [-0.15, -0.1) is 0 Å². The average molecular weight is 157 g/mol. The van der Waals surface area contributed by atoms with E-state index in [2.05, 4.69) is 20.8 Å². The maximum atomic E-state index is 10.1. The summed E-state index contributed by atoms with van der Waals surface area (Å²) in [6.45, 7) is -0.186. The Morgan fingerprint density at radius 1 is 1.82 bits per heavy atom. The molecule has 0 aliphatic heterocycles. The van der Waals surface area contributed by atoms with Crippen molar-refractivity contribution in [2.24, 2.45) is 7.05 Å². The molecular formula is C4H7N5O2. The molecule has 1 rings (SSSR count). The minimum absolute atomic E-state index is 0.186. The van der Waals surface area contributed by atoms with Crippen LogP contribution in [0.4, 0.5) is 5.95 Å². The lowest BCUT2D eigenvalue weighted by molar-refractivity contribution is -0.134. The van der Waals surface area contributed by atoms with Crippen LogP contribution in [0.3, 0.4) is 0 Å². The van der Waals surface area contributed by atoms with E-state index in [1.54, 1.807) is 7.05 Å². The van der Waals surface area contributed by atoms with E-state index in [1.165, 1.54) is 4.68 Å². The second-order valence-electron chi connectivity index (χ2n) is 1.87. The van der Waals surface area contributed by atoms with Gasteiger partial charge in [0, 0.05) is 7.05 Å². The van der Waals surface area contributed by atoms with Crippen molar-refractivity contribution in [3.05, 3.63) is 0 Å². The monoisotopic (exact) mass is 157 g/mol. The normalized spacial score (nSPS) is 9.55. The third kappa shape index (κ3) is 1.88. The Kier molecular flexibility index (Phi) is 2.00. The summed E-state index contributed by atoms with van der Waals surface area (Å²) in [6.07, 6.45) is 0. The number of nitrogens with one attached hydrogen (secondary N) is 1. The van der Waals surface area contributed by atoms with Crippen LogP contribution in [0.1, 0.15) is 0 Å². The van der Waals surface area contributed by atoms with Crippen LogP contribution in [0.15, 0.2) is 0 Å². The summed E-state index contributed by atoms with van der Waals surface area (Å²) in [4.78, 5) is 10.1. The SMILES string of the molecule is Cn1nnnc1NCC(=O)O. The van der Waals surface area contributed by atoms with Gasteiger partial charge >= 0.3 is 5.97 Å². The third-order valence-corrected chi connectivity index (χ3v) is 1.02. The van der Waals surface area contributed by atoms with Crippen molar-refractivity contribution in [1.29, 1.82) is 0 Å². The van der Waals surface area contributed by atoms with E-state index in [0.717, 1.165) is 0 Å². The molecule has 0 bridgehead atoms. The maximum Gasteiger partial charge on any atom is 0.322 e. The zero-order valence-corrected chi connectivity index (χ0v) is 5.85. The summed E-state index contributed by atoms with van der Waals surface area (Å²) in [5, 5.41) is 21.1. The molecule has 60 valence electrons. The topological polar surface area (TPSA) is 92.9 Å². The summed E-state index contributed by atoms with van der Waals surface area (Å²) >= 11 is 0. The Labute approximate surface area is 62.0 Å². The van der Waals surface area contributed by atoms with E-state index < -0.39 is 5.97 Å². The van der Waals surface area contributed by atoms with Crippen molar-refractivity contribution in [3.63, 3.8) is 0 Å². The molecule has 0 atom stereocenters. The molecule has 7 nitrogen and oxygen atoms in total. The number of nitrogens with zero attached hydrogens (tertiary/aromatic N) is 4. The van der Waals surface area contributed by atoms with E-state index in [-0.39, 0.29) is 6.54 Å². The van der Waals surface area contributed by atoms with Gasteiger partial charge in [0.25, 0.3) is 0 Å². The minimum Gasteiger partial charge on any atom is -0.480 e. The lowest BCUT2D eigenvalue weighted by Gasteiger charge is -1.97. The second kappa shape index (κ2) is 2.95. The molecule has 0 saturated carbocycles. The molecule has 0 fully saturated rings. The number of aryl methyl sites for hydroxylation is 1. The highest BCUT2D eigenvalue weighted by Crippen LogP contribution is 1.92. The maximum absolute atomic E-state index is 10.1. The number of aliphatic carboxylic acids is 1. The van der Waals surface area contributed by atoms with Gasteiger partial charge in [0.1, 0.15) is 6.54 Å². The molecule has 1 aromatic rings. The third-order valence-electron chi connectivity index (χ3n) is 1.02. The standard InChI is InChI=1S/C4H7N5O2/c1-9-4(6-7-8-9)5-2-3(10)11/h2H2,1H3,(H,10,11)(H,5,6,8). The zero-order chi connectivity index (χ0) is 8.27. The molecule has 11 heavy (non-hydrogen) atoms. The number of aromatic nitrogens is 4. The number of carbonyl (C=O) groups is 1. The molecule has 7 heteroatoms. The number of anilines is 1. The van der Waals surface area contributed by atoms with E-state index in [4.69, 9.17) is 5.11 Å². The van der Waals surface area contributed by atoms with E-state index in [0.29, 0.717) is 5.95 Å². The fraction of sp³-hybridized carbons (Fsp3) is 0.500. The predicted molar refractivity (Wildman–Crippen MR) is 34.9 cm³/mol. The van der Waals surface area contributed by atoms with Crippen LogP contribution in [-0.4, -0.2) is 37.8 Å². The molecule has 0 aliphatic carbocycles. The van der Waals surface area contributed by atoms with Crippen LogP contribution < -0.4 is 5.32 Å². The molecule has 0 aromatic carbocycles. The molecule has 1 aromatic heterocycles. The van der Waals surface area contributed by atoms with Crippen molar-refractivity contribution < 1.29 is 9.90 Å². The Hall–Kier alpha value is -1.66. The van der Waals surface area contributed by atoms with Crippen molar-refractivity contribution >= 4 is 11.9 Å². The summed E-state index contributed by atoms with van der Waals surface area (Å²) in [5.41, 5.74) is 0. The van der Waals surface area contributed by atoms with Gasteiger partial charge in [-0.05, 0) is 10.4 Å². The largest absolute Gasteiger partial charge is 0.480 e. The number of hydrogen-bond acceptors (Lipinski definition) is 5. The highest BCUT2D eigenvalue weighted by atomic mass is 16.4. The van der Waals surface area contributed by atoms with Crippen LogP contribution in [0.25, 0.3) is 0 Å². The first-order valence-electron chi connectivity index (χ1n) is 2.88. The summed E-state index contributed by atoms with van der Waals surface area (Å²) < 4.78 is 1.35. The minimum atomic E-state index is -0.951. The van der Waals surface area contributed by atoms with Gasteiger partial charge in [-0.25, -0.2) is 4.68 Å². The van der Waals surface area contributed by atoms with Crippen LogP contribution in [0.5, 0.6) is 0 Å². The fourth-order valence-electron chi connectivity index (χ4n) is 0.534. The van der Waals surface area contributed by atoms with Gasteiger partial charge in [0.2, 0.25) is 5.95 Å². The highest BCUT2D eigenvalue weighted by Gasteiger charge is 2.01. The van der Waals surface area contributed by atoms with Gasteiger partial charge in [-0.2, -0.15) is 0 Å². The van der Waals surface area contributed by atoms with Crippen molar-refractivity contribution in [2.75, 3.05) is 11.9 Å². The number of carboxylic acid groups (broad SMARTS) is 1. The molecule has 0 aliphatic rings. The van der Waals surface area contributed by atoms with E-state index in [9.17, 15) is 4.79 Å². The fourth-order valence-corrected chi connectivity index (χ4v) is 0.534. The quantitative estimate of drug-likeness (QED) is 0.566. The van der Waals surface area contributed by atoms with Crippen molar-refractivity contribution in [3.8, 4) is 0 Å². The Balaban J connectivity index is 2.51. The van der Waals surface area contributed by atoms with Gasteiger partial charge in [0.15, 0.2) is 0 Å². The second-order valence-corrected chi connectivity index (χ2v) is 1.87. The Morgan fingerprint density at radius 3 is 3.00 bits per heavy atom. The Bertz CT molecular complexity index is 257. The summed E-state index contributed by atoms with van der Waals surface area (Å²) in [5.74, 6) is -0.611. The smallest absolute Gasteiger partial charge is 0.322 e. The van der Waals surface area contributed by atoms with Crippen LogP contribution in [0.2, 0.25) is 0 Å². The number of hydrogen-bond donors (Lipinski definition) is 2. The van der Waals surface area contributed by atoms with Crippen LogP contribution >= 0.6 is 0 Å².